The summed E-state index contributed by atoms with van der Waals surface area (Å²) in [4.78, 5) is 42.1. The summed E-state index contributed by atoms with van der Waals surface area (Å²) in [5.41, 5.74) is 2.78. The molecule has 6 heteroatoms. The molecule has 3 heterocycles. The molecule has 0 bridgehead atoms. The van der Waals surface area contributed by atoms with Crippen LogP contribution in [0.5, 0.6) is 0 Å². The lowest BCUT2D eigenvalue weighted by Gasteiger charge is -2.35. The number of carbonyl (C=O) groups is 3. The second kappa shape index (κ2) is 6.61. The fraction of sp³-hybridized carbons (Fsp3) is 0.360. The smallest absolute Gasteiger partial charge is 0.240 e. The number of benzene rings is 2. The van der Waals surface area contributed by atoms with E-state index in [-0.39, 0.29) is 17.6 Å². The Morgan fingerprint density at radius 1 is 0.935 bits per heavy atom. The number of rotatable bonds is 2. The molecule has 2 aromatic rings. The Bertz CT molecular complexity index is 1130. The molecule has 2 saturated heterocycles. The molecule has 3 aliphatic rings. The molecule has 31 heavy (non-hydrogen) atoms. The summed E-state index contributed by atoms with van der Waals surface area (Å²) in [6.45, 7) is 7.49. The monoisotopic (exact) mass is 415 g/mol. The molecule has 4 atom stereocenters. The number of carbonyl (C=O) groups excluding carboxylic acids is 3. The predicted molar refractivity (Wildman–Crippen MR) is 118 cm³/mol. The van der Waals surface area contributed by atoms with Crippen molar-refractivity contribution in [1.82, 2.24) is 5.01 Å². The van der Waals surface area contributed by atoms with Gasteiger partial charge in [0.05, 0.1) is 29.8 Å². The number of nitrogens with zero attached hydrogens (tertiary/aromatic N) is 3. The zero-order chi connectivity index (χ0) is 22.1. The summed E-state index contributed by atoms with van der Waals surface area (Å²) < 4.78 is 0. The molecule has 0 radical (unpaired) electrons. The summed E-state index contributed by atoms with van der Waals surface area (Å²) in [6, 6.07) is 13.9. The maximum absolute atomic E-state index is 13.7. The van der Waals surface area contributed by atoms with Gasteiger partial charge >= 0.3 is 0 Å². The molecule has 0 saturated carbocycles. The zero-order valence-corrected chi connectivity index (χ0v) is 18.1. The van der Waals surface area contributed by atoms with E-state index in [1.165, 1.54) is 4.90 Å². The third kappa shape index (κ3) is 2.77. The first-order chi connectivity index (χ1) is 14.7. The van der Waals surface area contributed by atoms with Crippen LogP contribution in [0.15, 0.2) is 53.6 Å². The summed E-state index contributed by atoms with van der Waals surface area (Å²) in [5, 5.41) is 6.29. The van der Waals surface area contributed by atoms with E-state index < -0.39 is 29.3 Å². The Morgan fingerprint density at radius 2 is 1.58 bits per heavy atom. The van der Waals surface area contributed by atoms with Crippen LogP contribution in [0.2, 0.25) is 0 Å². The van der Waals surface area contributed by atoms with Crippen molar-refractivity contribution in [2.24, 2.45) is 22.4 Å². The van der Waals surface area contributed by atoms with Crippen molar-refractivity contribution in [1.29, 1.82) is 0 Å². The van der Waals surface area contributed by atoms with Gasteiger partial charge in [0.2, 0.25) is 11.8 Å². The largest absolute Gasteiger partial charge is 0.297 e. The highest BCUT2D eigenvalue weighted by molar-refractivity contribution is 6.24. The van der Waals surface area contributed by atoms with Gasteiger partial charge < -0.3 is 0 Å². The Kier molecular flexibility index (Phi) is 4.19. The first-order valence-corrected chi connectivity index (χ1v) is 10.6. The fourth-order valence-corrected chi connectivity index (χ4v) is 5.06. The number of anilines is 1. The van der Waals surface area contributed by atoms with Gasteiger partial charge in [-0.25, -0.2) is 4.90 Å². The second-order valence-corrected chi connectivity index (χ2v) is 9.66. The highest BCUT2D eigenvalue weighted by Crippen LogP contribution is 2.53. The normalized spacial score (nSPS) is 26.7. The van der Waals surface area contributed by atoms with Crippen LogP contribution in [0.1, 0.15) is 43.5 Å². The molecule has 0 aromatic heterocycles. The standard InChI is InChI=1S/C25H25N3O3/c1-14-9-11-16(12-10-14)27-23(30)18-19(24(27)31)21(22(29)25(2,3)4)28-20(18)17-8-6-5-7-15(17)13-26-28/h5-13,18-21H,1-4H3/t18-,19+,20-,21+/m0/s1. The molecule has 0 aliphatic carbocycles. The lowest BCUT2D eigenvalue weighted by Crippen LogP contribution is -2.48. The Balaban J connectivity index is 1.66. The number of amides is 2. The molecular formula is C25H25N3O3. The number of imide groups is 1. The quantitative estimate of drug-likeness (QED) is 0.704. The van der Waals surface area contributed by atoms with Gasteiger partial charge in [-0.3, -0.25) is 19.4 Å². The average molecular weight is 415 g/mol. The molecule has 2 aromatic carbocycles. The Labute approximate surface area is 181 Å². The van der Waals surface area contributed by atoms with Gasteiger partial charge in [-0.05, 0) is 30.2 Å². The molecule has 158 valence electrons. The molecule has 2 fully saturated rings. The van der Waals surface area contributed by atoms with Crippen LogP contribution in [-0.2, 0) is 14.4 Å². The van der Waals surface area contributed by atoms with Crippen molar-refractivity contribution < 1.29 is 14.4 Å². The van der Waals surface area contributed by atoms with Crippen LogP contribution < -0.4 is 4.90 Å². The first kappa shape index (κ1) is 19.7. The lowest BCUT2D eigenvalue weighted by molar-refractivity contribution is -0.136. The van der Waals surface area contributed by atoms with Crippen molar-refractivity contribution in [3.8, 4) is 0 Å². The number of fused-ring (bicyclic) bond motifs is 5. The van der Waals surface area contributed by atoms with Crippen molar-refractivity contribution in [2.45, 2.75) is 39.8 Å². The average Bonchev–Trinajstić information content (AvgIpc) is 3.20. The number of hydrazone groups is 1. The van der Waals surface area contributed by atoms with Crippen LogP contribution in [0, 0.1) is 24.2 Å². The number of hydrogen-bond donors (Lipinski definition) is 0. The third-order valence-corrected chi connectivity index (χ3v) is 6.59. The zero-order valence-electron chi connectivity index (χ0n) is 18.1. The Hall–Kier alpha value is -3.28. The van der Waals surface area contributed by atoms with Crippen molar-refractivity contribution >= 4 is 29.5 Å². The molecule has 0 N–H and O–H groups in total. The number of aryl methyl sites for hydroxylation is 1. The van der Waals surface area contributed by atoms with Gasteiger partial charge in [0.25, 0.3) is 0 Å². The van der Waals surface area contributed by atoms with Gasteiger partial charge in [0, 0.05) is 5.41 Å². The molecule has 2 amide bonds. The van der Waals surface area contributed by atoms with Crippen LogP contribution >= 0.6 is 0 Å². The van der Waals surface area contributed by atoms with E-state index in [1.54, 1.807) is 23.4 Å². The van der Waals surface area contributed by atoms with E-state index in [4.69, 9.17) is 0 Å². The van der Waals surface area contributed by atoms with Crippen LogP contribution in [0.3, 0.4) is 0 Å². The SMILES string of the molecule is Cc1ccc(N2C(=O)[C@@H]3[C@H](C2=O)[C@@H]2c4ccccc4C=NN2[C@H]3C(=O)C(C)(C)C)cc1. The molecule has 3 aliphatic heterocycles. The first-order valence-electron chi connectivity index (χ1n) is 10.6. The number of Topliss-reactive ketones (excluding diaryl/α,β-unsaturated/α-hetero) is 1. The molecule has 0 spiro atoms. The number of hydrogen-bond acceptors (Lipinski definition) is 5. The molecule has 0 unspecified atom stereocenters. The molecule has 5 rings (SSSR count). The van der Waals surface area contributed by atoms with Gasteiger partial charge in [0.1, 0.15) is 6.04 Å². The summed E-state index contributed by atoms with van der Waals surface area (Å²) in [6.07, 6.45) is 1.72. The van der Waals surface area contributed by atoms with Crippen LogP contribution in [0.25, 0.3) is 0 Å². The maximum Gasteiger partial charge on any atom is 0.240 e. The minimum atomic E-state index is -0.772. The highest BCUT2D eigenvalue weighted by atomic mass is 16.2. The van der Waals surface area contributed by atoms with Crippen LogP contribution in [-0.4, -0.2) is 34.9 Å². The minimum absolute atomic E-state index is 0.0755. The fourth-order valence-electron chi connectivity index (χ4n) is 5.06. The van der Waals surface area contributed by atoms with E-state index in [9.17, 15) is 14.4 Å². The van der Waals surface area contributed by atoms with Gasteiger partial charge in [0.15, 0.2) is 5.78 Å². The maximum atomic E-state index is 13.7. The minimum Gasteiger partial charge on any atom is -0.297 e. The van der Waals surface area contributed by atoms with Crippen molar-refractivity contribution in [3.05, 3.63) is 65.2 Å². The molecular weight excluding hydrogens is 390 g/mol. The Morgan fingerprint density at radius 3 is 2.26 bits per heavy atom. The van der Waals surface area contributed by atoms with E-state index in [1.807, 2.05) is 64.1 Å². The van der Waals surface area contributed by atoms with Crippen molar-refractivity contribution in [3.63, 3.8) is 0 Å². The topological polar surface area (TPSA) is 70.1 Å². The lowest BCUT2D eigenvalue weighted by atomic mass is 9.79. The second-order valence-electron chi connectivity index (χ2n) is 9.66. The molecule has 6 nitrogen and oxygen atoms in total. The van der Waals surface area contributed by atoms with E-state index in [0.29, 0.717) is 5.69 Å². The van der Waals surface area contributed by atoms with Gasteiger partial charge in [-0.2, -0.15) is 5.10 Å². The van der Waals surface area contributed by atoms with Gasteiger partial charge in [-0.15, -0.1) is 0 Å². The summed E-state index contributed by atoms with van der Waals surface area (Å²) in [5.74, 6) is -2.06. The van der Waals surface area contributed by atoms with Crippen molar-refractivity contribution in [2.75, 3.05) is 4.90 Å². The van der Waals surface area contributed by atoms with E-state index in [2.05, 4.69) is 5.10 Å². The highest BCUT2D eigenvalue weighted by Gasteiger charge is 2.66. The van der Waals surface area contributed by atoms with Gasteiger partial charge in [-0.1, -0.05) is 62.7 Å². The van der Waals surface area contributed by atoms with E-state index >= 15 is 0 Å². The van der Waals surface area contributed by atoms with Crippen LogP contribution in [0.4, 0.5) is 5.69 Å². The van der Waals surface area contributed by atoms with E-state index in [0.717, 1.165) is 16.7 Å². The summed E-state index contributed by atoms with van der Waals surface area (Å²) in [7, 11) is 0. The predicted octanol–water partition coefficient (Wildman–Crippen LogP) is 3.49. The third-order valence-electron chi connectivity index (χ3n) is 6.59. The number of ketones is 1. The summed E-state index contributed by atoms with van der Waals surface area (Å²) >= 11 is 0.